The van der Waals surface area contributed by atoms with Crippen LogP contribution in [-0.4, -0.2) is 106 Å². The summed E-state index contributed by atoms with van der Waals surface area (Å²) >= 11 is 0. The molecule has 2 aromatic heterocycles. The van der Waals surface area contributed by atoms with Crippen molar-refractivity contribution >= 4 is 45.8 Å². The number of fused-ring (bicyclic) bond motifs is 6. The number of hydrogen-bond acceptors (Lipinski definition) is 10. The molecule has 3 aromatic carbocycles. The summed E-state index contributed by atoms with van der Waals surface area (Å²) < 4.78 is 21.7. The van der Waals surface area contributed by atoms with Crippen LogP contribution < -0.4 is 15.4 Å². The number of likely N-dealkylation sites (tertiary alicyclic amines) is 1. The quantitative estimate of drug-likeness (QED) is 0.0849. The van der Waals surface area contributed by atoms with E-state index in [0.29, 0.717) is 37.8 Å². The molecule has 1 fully saturated rings. The van der Waals surface area contributed by atoms with Crippen molar-refractivity contribution in [1.29, 1.82) is 0 Å². The average Bonchev–Trinajstić information content (AvgIpc) is 4.04. The number of amides is 4. The molecule has 0 saturated carbocycles. The largest absolute Gasteiger partial charge is 0.488 e. The first-order valence-corrected chi connectivity index (χ1v) is 22.1. The monoisotopic (exact) mass is 878 g/mol. The number of H-pyrrole nitrogens is 2. The number of carbonyl (C=O) groups excluding carboxylic acids is 4. The molecule has 0 bridgehead atoms. The van der Waals surface area contributed by atoms with Gasteiger partial charge in [0.2, 0.25) is 11.8 Å². The van der Waals surface area contributed by atoms with Crippen LogP contribution in [-0.2, 0) is 30.4 Å². The molecule has 6 atom stereocenters. The van der Waals surface area contributed by atoms with Crippen molar-refractivity contribution < 1.29 is 38.1 Å². The number of aromatic amines is 2. The molecule has 5 aromatic rings. The van der Waals surface area contributed by atoms with E-state index in [1.165, 1.54) is 14.2 Å². The van der Waals surface area contributed by atoms with Gasteiger partial charge in [-0.25, -0.2) is 19.6 Å². The molecular weight excluding hydrogens is 817 g/mol. The Morgan fingerprint density at radius 3 is 2.28 bits per heavy atom. The number of rotatable bonds is 14. The number of carbonyl (C=O) groups is 4. The number of aromatic nitrogens is 4. The second-order valence-corrected chi connectivity index (χ2v) is 18.3. The molecule has 0 radical (unpaired) electrons. The minimum absolute atomic E-state index is 0.119. The van der Waals surface area contributed by atoms with E-state index >= 15 is 0 Å². The zero-order valence-corrected chi connectivity index (χ0v) is 38.8. The lowest BCUT2D eigenvalue weighted by molar-refractivity contribution is -0.139. The molecule has 0 aliphatic carbocycles. The number of imidazole rings is 2. The Labute approximate surface area is 374 Å². The maximum absolute atomic E-state index is 14.2. The minimum Gasteiger partial charge on any atom is -0.488 e. The van der Waals surface area contributed by atoms with E-state index in [1.54, 1.807) is 18.2 Å². The van der Waals surface area contributed by atoms with Crippen molar-refractivity contribution in [2.24, 2.45) is 17.3 Å². The fraction of sp³-hybridized carbons (Fsp3) is 0.500. The zero-order valence-electron chi connectivity index (χ0n) is 38.8. The highest BCUT2D eigenvalue weighted by molar-refractivity contribution is 6.07. The summed E-state index contributed by atoms with van der Waals surface area (Å²) in [7, 11) is 4.23. The molecular formula is C48H62N8O8. The van der Waals surface area contributed by atoms with Gasteiger partial charge in [-0.3, -0.25) is 9.59 Å². The average molecular weight is 879 g/mol. The number of ether oxygens (including phenoxy) is 4. The van der Waals surface area contributed by atoms with Gasteiger partial charge in [-0.1, -0.05) is 59.7 Å². The van der Waals surface area contributed by atoms with Gasteiger partial charge in [-0.15, -0.1) is 0 Å². The maximum atomic E-state index is 14.2. The van der Waals surface area contributed by atoms with Gasteiger partial charge >= 0.3 is 12.2 Å². The topological polar surface area (TPSA) is 193 Å². The predicted octanol–water partition coefficient (Wildman–Crippen LogP) is 8.04. The Bertz CT molecular complexity index is 2550. The number of alkyl carbamates (subject to hydrolysis) is 2. The number of nitrogens with one attached hydrogen (secondary N) is 4. The van der Waals surface area contributed by atoms with Gasteiger partial charge in [0.25, 0.3) is 0 Å². The standard InChI is InChI=1S/C48H62N8O8/c1-12-27(6)56(45(58)40(26(4)5)54-47(60)63-11)28(7)42-49-21-36(51-42)30-13-15-32-31(17-30)22-64-38-19-33-29(18-34(32)38)14-16-35-41(33)52-43(50-35)37-20-48(8,24-61-9)23-55(37)44(57)39(25(2)3)53-46(59)62-10/h13-19,21,25-28,37,39-40H,12,20,22-24H2,1-11H3,(H,49,51)(H,50,52)(H,53,59)(H,54,60)/t27-,28-,37?,39-,40-,48-/m0/s1. The summed E-state index contributed by atoms with van der Waals surface area (Å²) in [5, 5.41) is 7.38. The van der Waals surface area contributed by atoms with Gasteiger partial charge < -0.3 is 49.3 Å². The van der Waals surface area contributed by atoms with Gasteiger partial charge in [0.1, 0.15) is 36.1 Å². The summed E-state index contributed by atoms with van der Waals surface area (Å²) in [5.74, 6) is 1.31. The lowest BCUT2D eigenvalue weighted by Gasteiger charge is -2.37. The normalized spacial score (nSPS) is 18.8. The molecule has 0 spiro atoms. The van der Waals surface area contributed by atoms with Crippen molar-refractivity contribution in [3.05, 3.63) is 65.9 Å². The first-order valence-electron chi connectivity index (χ1n) is 22.1. The van der Waals surface area contributed by atoms with Crippen molar-refractivity contribution in [2.75, 3.05) is 34.5 Å². The second-order valence-electron chi connectivity index (χ2n) is 18.3. The van der Waals surface area contributed by atoms with Gasteiger partial charge in [0, 0.05) is 36.1 Å². The molecule has 1 saturated heterocycles. The van der Waals surface area contributed by atoms with Crippen molar-refractivity contribution in [1.82, 2.24) is 40.4 Å². The Kier molecular flexibility index (Phi) is 13.3. The van der Waals surface area contributed by atoms with Crippen molar-refractivity contribution in [3.8, 4) is 28.1 Å². The fourth-order valence-electron chi connectivity index (χ4n) is 9.27. The molecule has 4 heterocycles. The van der Waals surface area contributed by atoms with Crippen LogP contribution in [0.25, 0.3) is 44.2 Å². The summed E-state index contributed by atoms with van der Waals surface area (Å²) in [4.78, 5) is 73.2. The van der Waals surface area contributed by atoms with E-state index in [1.807, 2.05) is 65.5 Å². The third-order valence-electron chi connectivity index (χ3n) is 12.9. The molecule has 342 valence electrons. The number of methoxy groups -OCH3 is 3. The first kappa shape index (κ1) is 45.9. The first-order chi connectivity index (χ1) is 30.5. The van der Waals surface area contributed by atoms with Crippen LogP contribution in [0.5, 0.6) is 5.75 Å². The highest BCUT2D eigenvalue weighted by atomic mass is 16.5. The number of benzene rings is 3. The highest BCUT2D eigenvalue weighted by Gasteiger charge is 2.47. The van der Waals surface area contributed by atoms with Crippen LogP contribution in [0, 0.1) is 17.3 Å². The van der Waals surface area contributed by atoms with Gasteiger partial charge in [-0.2, -0.15) is 0 Å². The van der Waals surface area contributed by atoms with E-state index < -0.39 is 30.3 Å². The van der Waals surface area contributed by atoms with Crippen LogP contribution >= 0.6 is 0 Å². The fourth-order valence-corrected chi connectivity index (χ4v) is 9.27. The lowest BCUT2D eigenvalue weighted by Crippen LogP contribution is -2.54. The number of nitrogens with zero attached hydrogens (tertiary/aromatic N) is 4. The van der Waals surface area contributed by atoms with Crippen LogP contribution in [0.15, 0.2) is 48.7 Å². The molecule has 7 rings (SSSR count). The molecule has 16 nitrogen and oxygen atoms in total. The smallest absolute Gasteiger partial charge is 0.407 e. The van der Waals surface area contributed by atoms with E-state index in [2.05, 4.69) is 57.9 Å². The summed E-state index contributed by atoms with van der Waals surface area (Å²) in [6.45, 7) is 16.9. The molecule has 16 heteroatoms. The molecule has 4 N–H and O–H groups in total. The minimum atomic E-state index is -0.780. The summed E-state index contributed by atoms with van der Waals surface area (Å²) in [5.41, 5.74) is 6.07. The Morgan fingerprint density at radius 2 is 1.62 bits per heavy atom. The molecule has 4 amide bonds. The van der Waals surface area contributed by atoms with Crippen LogP contribution in [0.1, 0.15) is 97.5 Å². The van der Waals surface area contributed by atoms with Crippen molar-refractivity contribution in [2.45, 2.75) is 105 Å². The highest BCUT2D eigenvalue weighted by Crippen LogP contribution is 2.46. The van der Waals surface area contributed by atoms with E-state index in [9.17, 15) is 19.2 Å². The SMILES string of the molecule is CC[C@H](C)N(C(=O)[C@@H](NC(=O)OC)C(C)C)[C@@H](C)c1ncc(-c2ccc3c(c2)COc2cc4c(ccc5[nH]c(C6C[C@](C)(COC)CN6C(=O)[C@@H](NC(=O)OC)C(C)C)nc54)cc2-3)[nH]1. The third-order valence-corrected chi connectivity index (χ3v) is 12.9. The number of hydrogen-bond donors (Lipinski definition) is 4. The van der Waals surface area contributed by atoms with Crippen molar-refractivity contribution in [3.63, 3.8) is 0 Å². The lowest BCUT2D eigenvalue weighted by atomic mass is 9.89. The van der Waals surface area contributed by atoms with Gasteiger partial charge in [-0.05, 0) is 84.9 Å². The van der Waals surface area contributed by atoms with E-state index in [-0.39, 0.29) is 41.1 Å². The summed E-state index contributed by atoms with van der Waals surface area (Å²) in [6.07, 6.45) is 1.82. The Balaban J connectivity index is 1.16. The molecule has 2 aliphatic rings. The van der Waals surface area contributed by atoms with Crippen LogP contribution in [0.3, 0.4) is 0 Å². The molecule has 1 unspecified atom stereocenters. The second kappa shape index (κ2) is 18.5. The maximum Gasteiger partial charge on any atom is 0.407 e. The predicted molar refractivity (Wildman–Crippen MR) is 243 cm³/mol. The van der Waals surface area contributed by atoms with E-state index in [4.69, 9.17) is 28.9 Å². The molecule has 2 aliphatic heterocycles. The van der Waals surface area contributed by atoms with Crippen LogP contribution in [0.2, 0.25) is 0 Å². The van der Waals surface area contributed by atoms with Gasteiger partial charge in [0.05, 0.1) is 55.8 Å². The Morgan fingerprint density at radius 1 is 0.922 bits per heavy atom. The Hall–Kier alpha value is -6.16. The zero-order chi connectivity index (χ0) is 46.2. The third kappa shape index (κ3) is 8.84. The van der Waals surface area contributed by atoms with Crippen LogP contribution in [0.4, 0.5) is 9.59 Å². The summed E-state index contributed by atoms with van der Waals surface area (Å²) in [6, 6.07) is 12.1. The van der Waals surface area contributed by atoms with Gasteiger partial charge in [0.15, 0.2) is 0 Å². The van der Waals surface area contributed by atoms with E-state index in [0.717, 1.165) is 61.9 Å². The molecule has 64 heavy (non-hydrogen) atoms.